The Hall–Kier alpha value is -1.16. The molecule has 4 heteroatoms. The molecule has 1 aromatic heterocycles. The van der Waals surface area contributed by atoms with Crippen LogP contribution in [0.2, 0.25) is 0 Å². The van der Waals surface area contributed by atoms with Gasteiger partial charge in [-0.1, -0.05) is 25.1 Å². The van der Waals surface area contributed by atoms with Crippen molar-refractivity contribution < 1.29 is 0 Å². The third-order valence-electron chi connectivity index (χ3n) is 3.00. The molecule has 0 aliphatic heterocycles. The number of anilines is 1. The van der Waals surface area contributed by atoms with Gasteiger partial charge in [-0.3, -0.25) is 0 Å². The van der Waals surface area contributed by atoms with Gasteiger partial charge in [-0.2, -0.15) is 0 Å². The summed E-state index contributed by atoms with van der Waals surface area (Å²) in [6.07, 6.45) is 5.02. The van der Waals surface area contributed by atoms with E-state index in [1.807, 2.05) is 19.1 Å². The molecule has 0 aromatic carbocycles. The van der Waals surface area contributed by atoms with Crippen molar-refractivity contribution in [3.63, 3.8) is 0 Å². The van der Waals surface area contributed by atoms with Gasteiger partial charge in [-0.05, 0) is 31.9 Å². The van der Waals surface area contributed by atoms with Crippen LogP contribution in [0.25, 0.3) is 0 Å². The summed E-state index contributed by atoms with van der Waals surface area (Å²) in [5, 5.41) is 3.45. The number of nitrogens with zero attached hydrogens (tertiary/aromatic N) is 1. The number of nitrogens with one attached hydrogen (secondary N) is 1. The smallest absolute Gasteiger partial charge is 0.136 e. The minimum atomic E-state index is 0.410. The summed E-state index contributed by atoms with van der Waals surface area (Å²) in [6.45, 7) is 1.98. The van der Waals surface area contributed by atoms with Gasteiger partial charge in [0, 0.05) is 11.7 Å². The zero-order valence-corrected chi connectivity index (χ0v) is 10.3. The van der Waals surface area contributed by atoms with Crippen LogP contribution >= 0.6 is 12.2 Å². The molecular weight excluding hydrogens is 218 g/mol. The number of aryl methyl sites for hydroxylation is 1. The lowest BCUT2D eigenvalue weighted by Gasteiger charge is -2.16. The molecule has 86 valence electrons. The number of aromatic nitrogens is 1. The van der Waals surface area contributed by atoms with E-state index in [2.05, 4.69) is 10.3 Å². The topological polar surface area (TPSA) is 50.9 Å². The van der Waals surface area contributed by atoms with Crippen LogP contribution < -0.4 is 11.1 Å². The summed E-state index contributed by atoms with van der Waals surface area (Å²) in [6, 6.07) is 4.42. The van der Waals surface area contributed by atoms with E-state index in [0.717, 1.165) is 17.1 Å². The Bertz CT molecular complexity index is 397. The molecule has 3 nitrogen and oxygen atoms in total. The molecule has 0 unspecified atom stereocenters. The quantitative estimate of drug-likeness (QED) is 0.790. The van der Waals surface area contributed by atoms with Crippen LogP contribution in [0, 0.1) is 6.92 Å². The van der Waals surface area contributed by atoms with Gasteiger partial charge in [0.1, 0.15) is 10.8 Å². The van der Waals surface area contributed by atoms with Gasteiger partial charge in [-0.25, -0.2) is 4.98 Å². The van der Waals surface area contributed by atoms with Crippen LogP contribution in [0.3, 0.4) is 0 Å². The Balaban J connectivity index is 2.22. The summed E-state index contributed by atoms with van der Waals surface area (Å²) in [4.78, 5) is 4.89. The van der Waals surface area contributed by atoms with Crippen molar-refractivity contribution in [2.75, 3.05) is 5.32 Å². The van der Waals surface area contributed by atoms with Crippen LogP contribution in [-0.4, -0.2) is 16.0 Å². The molecule has 1 aromatic rings. The molecule has 2 rings (SSSR count). The maximum absolute atomic E-state index is 5.69. The third-order valence-corrected chi connectivity index (χ3v) is 3.22. The Morgan fingerprint density at radius 2 is 2.12 bits per heavy atom. The SMILES string of the molecule is Cc1ccc(C(N)=S)c(NC2CCCC2)n1. The minimum absolute atomic E-state index is 0.410. The molecule has 1 aliphatic carbocycles. The Kier molecular flexibility index (Phi) is 3.39. The lowest BCUT2D eigenvalue weighted by atomic mass is 10.2. The van der Waals surface area contributed by atoms with Crippen LogP contribution in [0.4, 0.5) is 5.82 Å². The molecule has 0 spiro atoms. The summed E-state index contributed by atoms with van der Waals surface area (Å²) in [5.74, 6) is 0.847. The van der Waals surface area contributed by atoms with Crippen LogP contribution in [0.1, 0.15) is 36.9 Å². The second-order valence-corrected chi connectivity index (χ2v) is 4.78. The van der Waals surface area contributed by atoms with Crippen LogP contribution in [0.5, 0.6) is 0 Å². The molecule has 0 bridgehead atoms. The van der Waals surface area contributed by atoms with Crippen molar-refractivity contribution in [2.24, 2.45) is 5.73 Å². The highest BCUT2D eigenvalue weighted by Crippen LogP contribution is 2.23. The van der Waals surface area contributed by atoms with Gasteiger partial charge in [0.25, 0.3) is 0 Å². The summed E-state index contributed by atoms with van der Waals surface area (Å²) >= 11 is 5.03. The summed E-state index contributed by atoms with van der Waals surface area (Å²) in [7, 11) is 0. The lowest BCUT2D eigenvalue weighted by Crippen LogP contribution is -2.20. The fourth-order valence-electron chi connectivity index (χ4n) is 2.13. The number of pyridine rings is 1. The van der Waals surface area contributed by atoms with Gasteiger partial charge < -0.3 is 11.1 Å². The van der Waals surface area contributed by atoms with Gasteiger partial charge in [0.15, 0.2) is 0 Å². The van der Waals surface area contributed by atoms with Crippen molar-refractivity contribution >= 4 is 23.0 Å². The average molecular weight is 235 g/mol. The van der Waals surface area contributed by atoms with E-state index >= 15 is 0 Å². The van der Waals surface area contributed by atoms with E-state index in [9.17, 15) is 0 Å². The molecule has 0 saturated heterocycles. The molecule has 16 heavy (non-hydrogen) atoms. The molecule has 0 atom stereocenters. The Morgan fingerprint density at radius 1 is 1.44 bits per heavy atom. The Labute approximate surface area is 101 Å². The number of rotatable bonds is 3. The van der Waals surface area contributed by atoms with E-state index in [4.69, 9.17) is 18.0 Å². The average Bonchev–Trinajstić information content (AvgIpc) is 2.70. The minimum Gasteiger partial charge on any atom is -0.389 e. The second kappa shape index (κ2) is 4.78. The van der Waals surface area contributed by atoms with Gasteiger partial charge in [-0.15, -0.1) is 0 Å². The normalized spacial score (nSPS) is 16.3. The first-order chi connectivity index (χ1) is 7.66. The van der Waals surface area contributed by atoms with E-state index in [1.165, 1.54) is 25.7 Å². The predicted molar refractivity (Wildman–Crippen MR) is 70.7 cm³/mol. The fraction of sp³-hybridized carbons (Fsp3) is 0.500. The van der Waals surface area contributed by atoms with Crippen LogP contribution in [-0.2, 0) is 0 Å². The number of hydrogen-bond donors (Lipinski definition) is 2. The molecule has 1 heterocycles. The highest BCUT2D eigenvalue weighted by atomic mass is 32.1. The zero-order valence-electron chi connectivity index (χ0n) is 9.49. The van der Waals surface area contributed by atoms with E-state index in [1.54, 1.807) is 0 Å². The highest BCUT2D eigenvalue weighted by molar-refractivity contribution is 7.80. The Morgan fingerprint density at radius 3 is 2.75 bits per heavy atom. The lowest BCUT2D eigenvalue weighted by molar-refractivity contribution is 0.749. The van der Waals surface area contributed by atoms with Crippen molar-refractivity contribution in [1.82, 2.24) is 4.98 Å². The first-order valence-corrected chi connectivity index (χ1v) is 6.11. The highest BCUT2D eigenvalue weighted by Gasteiger charge is 2.17. The maximum Gasteiger partial charge on any atom is 0.136 e. The van der Waals surface area contributed by atoms with Gasteiger partial charge >= 0.3 is 0 Å². The molecule has 1 aliphatic rings. The molecule has 1 saturated carbocycles. The third kappa shape index (κ3) is 2.50. The molecule has 0 radical (unpaired) electrons. The number of thiocarbonyl (C=S) groups is 1. The monoisotopic (exact) mass is 235 g/mol. The predicted octanol–water partition coefficient (Wildman–Crippen LogP) is 2.38. The summed E-state index contributed by atoms with van der Waals surface area (Å²) in [5.41, 5.74) is 7.53. The maximum atomic E-state index is 5.69. The zero-order chi connectivity index (χ0) is 11.5. The molecular formula is C12H17N3S. The van der Waals surface area contributed by atoms with Crippen molar-refractivity contribution in [2.45, 2.75) is 38.6 Å². The standard InChI is InChI=1S/C12H17N3S/c1-8-6-7-10(11(13)16)12(14-8)15-9-4-2-3-5-9/h6-7,9H,2-5H2,1H3,(H2,13,16)(H,14,15). The second-order valence-electron chi connectivity index (χ2n) is 4.34. The first-order valence-electron chi connectivity index (χ1n) is 5.71. The van der Waals surface area contributed by atoms with E-state index in [-0.39, 0.29) is 0 Å². The molecule has 1 fully saturated rings. The van der Waals surface area contributed by atoms with Crippen LogP contribution in [0.15, 0.2) is 12.1 Å². The van der Waals surface area contributed by atoms with Crippen molar-refractivity contribution in [3.8, 4) is 0 Å². The van der Waals surface area contributed by atoms with Crippen molar-refractivity contribution in [3.05, 3.63) is 23.4 Å². The number of hydrogen-bond acceptors (Lipinski definition) is 3. The van der Waals surface area contributed by atoms with Gasteiger partial charge in [0.2, 0.25) is 0 Å². The fourth-order valence-corrected chi connectivity index (χ4v) is 2.29. The molecule has 3 N–H and O–H groups in total. The van der Waals surface area contributed by atoms with Gasteiger partial charge in [0.05, 0.1) is 5.56 Å². The summed E-state index contributed by atoms with van der Waals surface area (Å²) < 4.78 is 0. The number of nitrogens with two attached hydrogens (primary N) is 1. The largest absolute Gasteiger partial charge is 0.389 e. The van der Waals surface area contributed by atoms with E-state index in [0.29, 0.717) is 11.0 Å². The first kappa shape index (κ1) is 11.3. The molecule has 0 amide bonds. The van der Waals surface area contributed by atoms with E-state index < -0.39 is 0 Å². The van der Waals surface area contributed by atoms with Crippen molar-refractivity contribution in [1.29, 1.82) is 0 Å².